The van der Waals surface area contributed by atoms with Gasteiger partial charge in [0.05, 0.1) is 21.8 Å². The van der Waals surface area contributed by atoms with Gasteiger partial charge in [-0.15, -0.1) is 0 Å². The zero-order valence-electron chi connectivity index (χ0n) is 42.3. The minimum Gasteiger partial charge on any atom is -0.267 e. The van der Waals surface area contributed by atoms with Gasteiger partial charge in [0.1, 0.15) is 0 Å². The molecule has 14 rings (SSSR count). The van der Waals surface area contributed by atoms with Crippen molar-refractivity contribution in [3.8, 4) is 22.3 Å². The van der Waals surface area contributed by atoms with Crippen molar-refractivity contribution >= 4 is 21.8 Å². The Hall–Kier alpha value is -4.18. The van der Waals surface area contributed by atoms with Crippen LogP contribution in [0.4, 0.5) is 0 Å². The number of hydrogen-bond donors (Lipinski definition) is 0. The number of fused-ring (bicyclic) bond motifs is 5. The molecule has 0 saturated heterocycles. The molecule has 2 heterocycles. The fourth-order valence-electron chi connectivity index (χ4n) is 16.3. The quantitative estimate of drug-likeness (QED) is 0.153. The molecule has 2 aromatic heterocycles. The number of aromatic nitrogens is 2. The van der Waals surface area contributed by atoms with Gasteiger partial charge in [0, 0.05) is 0 Å². The molecule has 4 heteroatoms. The van der Waals surface area contributed by atoms with Crippen molar-refractivity contribution in [1.82, 2.24) is 9.03 Å². The maximum atomic E-state index is 15.9. The van der Waals surface area contributed by atoms with Gasteiger partial charge in [0.15, 0.2) is 0 Å². The maximum Gasteiger partial charge on any atom is 0.282 e. The molecule has 6 aromatic rings. The summed E-state index contributed by atoms with van der Waals surface area (Å²) in [5.74, 6) is 6.59. The maximum absolute atomic E-state index is 15.9. The third-order valence-corrected chi connectivity index (χ3v) is 19.0. The first-order valence-corrected chi connectivity index (χ1v) is 26.9. The minimum absolute atomic E-state index is 0.0692. The third kappa shape index (κ3) is 6.13. The Morgan fingerprint density at radius 3 is 0.924 bits per heavy atom. The van der Waals surface area contributed by atoms with Gasteiger partial charge < -0.3 is 0 Å². The lowest BCUT2D eigenvalue weighted by atomic mass is 9.66. The molecule has 0 radical (unpaired) electrons. The number of rotatable bonds is 8. The van der Waals surface area contributed by atoms with Crippen LogP contribution in [0.15, 0.2) is 46.0 Å². The van der Waals surface area contributed by atoms with Gasteiger partial charge in [-0.1, -0.05) is 107 Å². The largest absolute Gasteiger partial charge is 0.282 e. The number of benzene rings is 4. The number of nitrogens with zero attached hydrogens (tertiary/aromatic N) is 2. The van der Waals surface area contributed by atoms with Crippen LogP contribution in [0.1, 0.15) is 262 Å². The molecule has 346 valence electrons. The van der Waals surface area contributed by atoms with Crippen molar-refractivity contribution in [2.45, 2.75) is 206 Å². The van der Waals surface area contributed by atoms with Crippen LogP contribution in [-0.4, -0.2) is 9.03 Å². The zero-order valence-corrected chi connectivity index (χ0v) is 42.3. The van der Waals surface area contributed by atoms with E-state index in [0.717, 1.165) is 21.8 Å². The Morgan fingerprint density at radius 1 is 0.364 bits per heavy atom. The molecular weight excluding hydrogens is 805 g/mol. The van der Waals surface area contributed by atoms with E-state index in [9.17, 15) is 0 Å². The summed E-state index contributed by atoms with van der Waals surface area (Å²) in [4.78, 5) is 31.7. The summed E-state index contributed by atoms with van der Waals surface area (Å²) in [6, 6.07) is 15.0. The van der Waals surface area contributed by atoms with E-state index in [1.54, 1.807) is 4.52 Å². The van der Waals surface area contributed by atoms with Gasteiger partial charge in [0.25, 0.3) is 11.1 Å². The lowest BCUT2D eigenvalue weighted by Crippen LogP contribution is -2.26. The molecule has 0 spiro atoms. The molecule has 8 aliphatic carbocycles. The average molecular weight is 881 g/mol. The van der Waals surface area contributed by atoms with E-state index in [0.29, 0.717) is 82.9 Å². The Labute approximate surface area is 394 Å². The second-order valence-electron chi connectivity index (χ2n) is 25.2. The predicted molar refractivity (Wildman–Crippen MR) is 276 cm³/mol. The van der Waals surface area contributed by atoms with Gasteiger partial charge in [-0.05, 0) is 237 Å². The highest BCUT2D eigenvalue weighted by atomic mass is 16.2. The standard InChI is InChI=1S/C62H76N2O2/c1-29(2)39-23-45(31(5)6)57(46(24-39)32(7)8)49-27-51-59(55-43-19-35-13-36(20-43)16-41(15-35)53(49)55)61(65)64-62(66)60-52(63(51)64)28-50(54-42-17-37-14-38(18-42)22-44(21-37)56(54)60)58-47(33(9)10)25-40(30(3)4)26-48(58)34(11)12/h23-38,41-44H,13-22H2,1-12H3. The first kappa shape index (κ1) is 43.1. The summed E-state index contributed by atoms with van der Waals surface area (Å²) < 4.78 is 3.87. The fraction of sp³-hybridized carbons (Fsp3) is 0.581. The SMILES string of the molecule is CC(C)c1cc(C(C)C)c(-c2cc3c(c4c2C2CC5CC(C2)CC4C5)c(=O)n2c(=O)c4c5c(c(-c6c(C(C)C)cc(C(C)C)cc6C(C)C)cc4n32)C2CC3CC(C2)CC5C3)c(C(C)C)c1. The van der Waals surface area contributed by atoms with Crippen molar-refractivity contribution in [3.05, 3.63) is 113 Å². The van der Waals surface area contributed by atoms with Crippen LogP contribution in [0, 0.1) is 23.7 Å². The molecule has 8 aliphatic rings. The van der Waals surface area contributed by atoms with Crippen LogP contribution in [-0.2, 0) is 0 Å². The lowest BCUT2D eigenvalue weighted by molar-refractivity contribution is 0.166. The molecule has 0 N–H and O–H groups in total. The van der Waals surface area contributed by atoms with Crippen LogP contribution in [0.5, 0.6) is 0 Å². The monoisotopic (exact) mass is 881 g/mol. The van der Waals surface area contributed by atoms with E-state index in [1.165, 1.54) is 142 Å². The van der Waals surface area contributed by atoms with Crippen molar-refractivity contribution in [3.63, 3.8) is 0 Å². The fourth-order valence-corrected chi connectivity index (χ4v) is 16.3. The highest BCUT2D eigenvalue weighted by Crippen LogP contribution is 2.62. The van der Waals surface area contributed by atoms with Crippen LogP contribution in [0.25, 0.3) is 44.1 Å². The van der Waals surface area contributed by atoms with Crippen molar-refractivity contribution in [2.24, 2.45) is 23.7 Å². The summed E-state index contributed by atoms with van der Waals surface area (Å²) >= 11 is 0. The minimum atomic E-state index is -0.0692. The Bertz CT molecular complexity index is 2820. The second kappa shape index (κ2) is 15.2. The third-order valence-electron chi connectivity index (χ3n) is 19.0. The van der Waals surface area contributed by atoms with E-state index in [2.05, 4.69) is 124 Å². The molecule has 8 bridgehead atoms. The molecule has 4 fully saturated rings. The summed E-state index contributed by atoms with van der Waals surface area (Å²) in [5.41, 5.74) is 21.5. The van der Waals surface area contributed by atoms with Crippen LogP contribution < -0.4 is 11.1 Å². The first-order valence-electron chi connectivity index (χ1n) is 26.9. The molecule has 4 atom stereocenters. The molecule has 4 nitrogen and oxygen atoms in total. The Balaban J connectivity index is 1.27. The van der Waals surface area contributed by atoms with Gasteiger partial charge in [-0.3, -0.25) is 9.59 Å². The van der Waals surface area contributed by atoms with Crippen molar-refractivity contribution < 1.29 is 0 Å². The normalized spacial score (nSPS) is 26.5. The molecule has 4 aromatic carbocycles. The second-order valence-corrected chi connectivity index (χ2v) is 25.2. The van der Waals surface area contributed by atoms with Gasteiger partial charge in [-0.25, -0.2) is 4.52 Å². The molecule has 0 aliphatic heterocycles. The number of hydrogen-bond acceptors (Lipinski definition) is 2. The smallest absolute Gasteiger partial charge is 0.267 e. The highest BCUT2D eigenvalue weighted by Gasteiger charge is 2.48. The van der Waals surface area contributed by atoms with Crippen LogP contribution in [0.2, 0.25) is 0 Å². The Morgan fingerprint density at radius 2 is 0.652 bits per heavy atom. The van der Waals surface area contributed by atoms with Crippen molar-refractivity contribution in [2.75, 3.05) is 0 Å². The average Bonchev–Trinajstić information content (AvgIpc) is 3.55. The lowest BCUT2D eigenvalue weighted by Gasteiger charge is -2.38. The molecule has 0 amide bonds. The summed E-state index contributed by atoms with van der Waals surface area (Å²) in [5, 5.41) is 1.70. The summed E-state index contributed by atoms with van der Waals surface area (Å²) in [6.45, 7) is 28.4. The van der Waals surface area contributed by atoms with Gasteiger partial charge in [0.2, 0.25) is 0 Å². The topological polar surface area (TPSA) is 43.0 Å². The van der Waals surface area contributed by atoms with Crippen molar-refractivity contribution in [1.29, 1.82) is 0 Å². The van der Waals surface area contributed by atoms with Gasteiger partial charge >= 0.3 is 0 Å². The van der Waals surface area contributed by atoms with Crippen LogP contribution >= 0.6 is 0 Å². The van der Waals surface area contributed by atoms with E-state index in [1.807, 2.05) is 0 Å². The van der Waals surface area contributed by atoms with E-state index >= 15 is 9.59 Å². The predicted octanol–water partition coefficient (Wildman–Crippen LogP) is 16.4. The zero-order chi connectivity index (χ0) is 46.1. The summed E-state index contributed by atoms with van der Waals surface area (Å²) in [6.07, 6.45) is 12.2. The van der Waals surface area contributed by atoms with E-state index in [-0.39, 0.29) is 11.1 Å². The van der Waals surface area contributed by atoms with Gasteiger partial charge in [-0.2, -0.15) is 4.52 Å². The van der Waals surface area contributed by atoms with E-state index < -0.39 is 0 Å². The Kier molecular flexibility index (Phi) is 9.91. The molecular formula is C62H76N2O2. The molecule has 66 heavy (non-hydrogen) atoms. The first-order chi connectivity index (χ1) is 31.5. The molecule has 4 saturated carbocycles. The molecule has 4 unspecified atom stereocenters. The summed E-state index contributed by atoms with van der Waals surface area (Å²) in [7, 11) is 0. The highest BCUT2D eigenvalue weighted by molar-refractivity contribution is 5.99. The van der Waals surface area contributed by atoms with Crippen LogP contribution in [0.3, 0.4) is 0 Å². The van der Waals surface area contributed by atoms with E-state index in [4.69, 9.17) is 0 Å².